The Bertz CT molecular complexity index is 724. The highest BCUT2D eigenvalue weighted by Crippen LogP contribution is 2.32. The molecule has 1 N–H and O–H groups in total. The van der Waals surface area contributed by atoms with Gasteiger partial charge in [0, 0.05) is 30.7 Å². The topological polar surface area (TPSA) is 66.1 Å². The van der Waals surface area contributed by atoms with Crippen LogP contribution >= 0.6 is 0 Å². The van der Waals surface area contributed by atoms with Crippen molar-refractivity contribution in [1.29, 1.82) is 0 Å². The average molecular weight is 297 g/mol. The van der Waals surface area contributed by atoms with Gasteiger partial charge < -0.3 is 9.88 Å². The Morgan fingerprint density at radius 1 is 1.41 bits per heavy atom. The Morgan fingerprint density at radius 3 is 3.00 bits per heavy atom. The highest BCUT2D eigenvalue weighted by Gasteiger charge is 2.31. The van der Waals surface area contributed by atoms with Gasteiger partial charge in [-0.25, -0.2) is 0 Å². The molecule has 0 radical (unpaired) electrons. The first-order valence-corrected chi connectivity index (χ1v) is 7.63. The number of pyridine rings is 2. The van der Waals surface area contributed by atoms with Crippen LogP contribution in [0.4, 0.5) is 0 Å². The Balaban J connectivity index is 1.93. The summed E-state index contributed by atoms with van der Waals surface area (Å²) in [6.45, 7) is 2.67. The zero-order chi connectivity index (χ0) is 15.5. The fraction of sp³-hybridized carbons (Fsp3) is 0.353. The second kappa shape index (κ2) is 6.13. The molecule has 0 bridgehead atoms. The van der Waals surface area contributed by atoms with Gasteiger partial charge in [0.15, 0.2) is 0 Å². The first-order chi connectivity index (χ1) is 10.7. The zero-order valence-corrected chi connectivity index (χ0v) is 12.6. The Kier molecular flexibility index (Phi) is 4.04. The lowest BCUT2D eigenvalue weighted by atomic mass is 10.1. The van der Waals surface area contributed by atoms with Crippen LogP contribution in [0, 0.1) is 0 Å². The molecule has 3 heterocycles. The summed E-state index contributed by atoms with van der Waals surface area (Å²) in [5.74, 6) is -0.0144. The zero-order valence-electron chi connectivity index (χ0n) is 12.6. The third-order valence-corrected chi connectivity index (χ3v) is 4.17. The number of nitrogens with zero attached hydrogens (tertiary/aromatic N) is 2. The molecular weight excluding hydrogens is 278 g/mol. The molecule has 1 unspecified atom stereocenters. The van der Waals surface area contributed by atoms with Crippen molar-refractivity contribution in [3.05, 3.63) is 63.8 Å². The van der Waals surface area contributed by atoms with E-state index < -0.39 is 0 Å². The van der Waals surface area contributed by atoms with Crippen LogP contribution in [-0.4, -0.2) is 27.3 Å². The first-order valence-electron chi connectivity index (χ1n) is 7.63. The molecule has 114 valence electrons. The van der Waals surface area contributed by atoms with Crippen molar-refractivity contribution in [2.45, 2.75) is 32.2 Å². The van der Waals surface area contributed by atoms with Crippen LogP contribution in [0.15, 0.2) is 41.5 Å². The van der Waals surface area contributed by atoms with E-state index in [0.29, 0.717) is 17.7 Å². The maximum Gasteiger partial charge on any atom is 0.256 e. The van der Waals surface area contributed by atoms with Crippen LogP contribution in [0.2, 0.25) is 0 Å². The number of aryl methyl sites for hydroxylation is 1. The molecule has 0 spiro atoms. The van der Waals surface area contributed by atoms with Crippen molar-refractivity contribution in [2.24, 2.45) is 0 Å². The number of aromatic nitrogens is 2. The SMILES string of the molecule is CCc1[nH]c(=O)ccc1C(=O)N1CCCC1c1cccnc1. The molecule has 1 amide bonds. The van der Waals surface area contributed by atoms with Gasteiger partial charge in [-0.2, -0.15) is 0 Å². The number of H-pyrrole nitrogens is 1. The molecule has 3 rings (SSSR count). The summed E-state index contributed by atoms with van der Waals surface area (Å²) >= 11 is 0. The second-order valence-electron chi connectivity index (χ2n) is 5.51. The van der Waals surface area contributed by atoms with Crippen molar-refractivity contribution < 1.29 is 4.79 Å². The minimum absolute atomic E-state index is 0.0144. The molecule has 1 aliphatic rings. The van der Waals surface area contributed by atoms with Gasteiger partial charge in [-0.15, -0.1) is 0 Å². The van der Waals surface area contributed by atoms with Gasteiger partial charge in [-0.3, -0.25) is 14.6 Å². The van der Waals surface area contributed by atoms with Crippen molar-refractivity contribution >= 4 is 5.91 Å². The molecule has 0 aromatic carbocycles. The summed E-state index contributed by atoms with van der Waals surface area (Å²) < 4.78 is 0. The highest BCUT2D eigenvalue weighted by molar-refractivity contribution is 5.95. The lowest BCUT2D eigenvalue weighted by Crippen LogP contribution is -2.32. The molecular formula is C17H19N3O2. The van der Waals surface area contributed by atoms with Crippen LogP contribution in [0.25, 0.3) is 0 Å². The highest BCUT2D eigenvalue weighted by atomic mass is 16.2. The summed E-state index contributed by atoms with van der Waals surface area (Å²) in [7, 11) is 0. The number of likely N-dealkylation sites (tertiary alicyclic amines) is 1. The number of hydrogen-bond acceptors (Lipinski definition) is 3. The predicted molar refractivity (Wildman–Crippen MR) is 83.7 cm³/mol. The molecule has 5 heteroatoms. The van der Waals surface area contributed by atoms with E-state index in [1.165, 1.54) is 6.07 Å². The largest absolute Gasteiger partial charge is 0.331 e. The van der Waals surface area contributed by atoms with Gasteiger partial charge in [0.2, 0.25) is 5.56 Å². The smallest absolute Gasteiger partial charge is 0.256 e. The molecule has 0 saturated carbocycles. The van der Waals surface area contributed by atoms with Crippen LogP contribution in [-0.2, 0) is 6.42 Å². The molecule has 1 fully saturated rings. The molecule has 1 saturated heterocycles. The number of amides is 1. The quantitative estimate of drug-likeness (QED) is 0.945. The minimum Gasteiger partial charge on any atom is -0.331 e. The molecule has 2 aromatic rings. The standard InChI is InChI=1S/C17H19N3O2/c1-2-14-13(7-8-16(21)19-14)17(22)20-10-4-6-15(20)12-5-3-9-18-11-12/h3,5,7-9,11,15H,2,4,6,10H2,1H3,(H,19,21). The van der Waals surface area contributed by atoms with E-state index in [2.05, 4.69) is 9.97 Å². The maximum atomic E-state index is 12.9. The third kappa shape index (κ3) is 2.66. The monoisotopic (exact) mass is 297 g/mol. The molecule has 5 nitrogen and oxygen atoms in total. The maximum absolute atomic E-state index is 12.9. The van der Waals surface area contributed by atoms with Crippen LogP contribution in [0.1, 0.15) is 47.4 Å². The predicted octanol–water partition coefficient (Wildman–Crippen LogP) is 2.31. The van der Waals surface area contributed by atoms with E-state index in [0.717, 1.165) is 24.9 Å². The van der Waals surface area contributed by atoms with Crippen LogP contribution < -0.4 is 5.56 Å². The Hall–Kier alpha value is -2.43. The summed E-state index contributed by atoms with van der Waals surface area (Å²) in [5, 5.41) is 0. The summed E-state index contributed by atoms with van der Waals surface area (Å²) in [6.07, 6.45) is 6.12. The van der Waals surface area contributed by atoms with Gasteiger partial charge in [0.05, 0.1) is 11.6 Å². The van der Waals surface area contributed by atoms with Crippen molar-refractivity contribution in [1.82, 2.24) is 14.9 Å². The van der Waals surface area contributed by atoms with Gasteiger partial charge in [0.1, 0.15) is 0 Å². The van der Waals surface area contributed by atoms with Gasteiger partial charge in [0.25, 0.3) is 5.91 Å². The molecule has 22 heavy (non-hydrogen) atoms. The average Bonchev–Trinajstić information content (AvgIpc) is 3.04. The summed E-state index contributed by atoms with van der Waals surface area (Å²) in [4.78, 5) is 33.2. The lowest BCUT2D eigenvalue weighted by molar-refractivity contribution is 0.0734. The molecule has 2 aromatic heterocycles. The van der Waals surface area contributed by atoms with Crippen LogP contribution in [0.5, 0.6) is 0 Å². The Labute approximate surface area is 129 Å². The van der Waals surface area contributed by atoms with Crippen molar-refractivity contribution in [3.8, 4) is 0 Å². The Morgan fingerprint density at radius 2 is 2.27 bits per heavy atom. The number of carbonyl (C=O) groups is 1. The van der Waals surface area contributed by atoms with E-state index in [1.54, 1.807) is 12.3 Å². The third-order valence-electron chi connectivity index (χ3n) is 4.17. The lowest BCUT2D eigenvalue weighted by Gasteiger charge is -2.25. The molecule has 1 aliphatic heterocycles. The van der Waals surface area contributed by atoms with Crippen molar-refractivity contribution in [2.75, 3.05) is 6.54 Å². The van der Waals surface area contributed by atoms with Gasteiger partial charge >= 0.3 is 0 Å². The summed E-state index contributed by atoms with van der Waals surface area (Å²) in [6, 6.07) is 7.03. The molecule has 1 atom stereocenters. The van der Waals surface area contributed by atoms with Gasteiger partial charge in [-0.1, -0.05) is 13.0 Å². The van der Waals surface area contributed by atoms with E-state index >= 15 is 0 Å². The second-order valence-corrected chi connectivity index (χ2v) is 5.51. The van der Waals surface area contributed by atoms with Crippen LogP contribution in [0.3, 0.4) is 0 Å². The van der Waals surface area contributed by atoms with E-state index in [1.807, 2.05) is 30.2 Å². The fourth-order valence-electron chi connectivity index (χ4n) is 3.08. The number of nitrogens with one attached hydrogen (secondary N) is 1. The number of carbonyl (C=O) groups excluding carboxylic acids is 1. The number of hydrogen-bond donors (Lipinski definition) is 1. The summed E-state index contributed by atoms with van der Waals surface area (Å²) in [5.41, 5.74) is 2.20. The van der Waals surface area contributed by atoms with E-state index in [4.69, 9.17) is 0 Å². The number of rotatable bonds is 3. The normalized spacial score (nSPS) is 17.7. The number of aromatic amines is 1. The molecule has 0 aliphatic carbocycles. The van der Waals surface area contributed by atoms with E-state index in [9.17, 15) is 9.59 Å². The first kappa shape index (κ1) is 14.5. The fourth-order valence-corrected chi connectivity index (χ4v) is 3.08. The van der Waals surface area contributed by atoms with Crippen molar-refractivity contribution in [3.63, 3.8) is 0 Å². The van der Waals surface area contributed by atoms with E-state index in [-0.39, 0.29) is 17.5 Å². The van der Waals surface area contributed by atoms with Gasteiger partial charge in [-0.05, 0) is 37.0 Å². The minimum atomic E-state index is -0.168.